The summed E-state index contributed by atoms with van der Waals surface area (Å²) < 4.78 is 19.3. The molecule has 0 spiro atoms. The summed E-state index contributed by atoms with van der Waals surface area (Å²) in [5.41, 5.74) is 2.34. The highest BCUT2D eigenvalue weighted by Gasteiger charge is 2.25. The van der Waals surface area contributed by atoms with Crippen LogP contribution in [0, 0.1) is 5.82 Å². The Balaban J connectivity index is 1.59. The molecule has 0 aliphatic heterocycles. The number of nitrogens with zero attached hydrogens (tertiary/aromatic N) is 2. The minimum atomic E-state index is -0.539. The number of rotatable bonds is 6. The quantitative estimate of drug-likeness (QED) is 0.631. The largest absolute Gasteiger partial charge is 0.471 e. The summed E-state index contributed by atoms with van der Waals surface area (Å²) in [5, 5.41) is 13.1. The molecular weight excluding hydrogens is 397 g/mol. The van der Waals surface area contributed by atoms with Crippen LogP contribution in [0.3, 0.4) is 0 Å². The Morgan fingerprint density at radius 3 is 2.68 bits per heavy atom. The van der Waals surface area contributed by atoms with E-state index in [0.29, 0.717) is 29.0 Å². The van der Waals surface area contributed by atoms with Crippen molar-refractivity contribution in [1.29, 1.82) is 0 Å². The van der Waals surface area contributed by atoms with E-state index in [1.165, 1.54) is 18.3 Å². The lowest BCUT2D eigenvalue weighted by molar-refractivity contribution is 0.0717. The van der Waals surface area contributed by atoms with Gasteiger partial charge >= 0.3 is 0 Å². The van der Waals surface area contributed by atoms with E-state index >= 15 is 0 Å². The van der Waals surface area contributed by atoms with Gasteiger partial charge in [0.2, 0.25) is 5.88 Å². The van der Waals surface area contributed by atoms with Crippen LogP contribution < -0.4 is 10.1 Å². The van der Waals surface area contributed by atoms with Crippen LogP contribution in [0.2, 0.25) is 0 Å². The number of aliphatic hydroxyl groups is 1. The number of pyridine rings is 2. The number of hydrogen-bond donors (Lipinski definition) is 2. The molecule has 4 rings (SSSR count). The van der Waals surface area contributed by atoms with E-state index < -0.39 is 6.10 Å². The van der Waals surface area contributed by atoms with Crippen LogP contribution in [0.4, 0.5) is 4.39 Å². The van der Waals surface area contributed by atoms with Crippen molar-refractivity contribution in [3.8, 4) is 17.0 Å². The molecule has 3 aromatic rings. The molecule has 1 aromatic carbocycles. The smallest absolute Gasteiger partial charge is 0.253 e. The maximum absolute atomic E-state index is 13.4. The maximum atomic E-state index is 13.4. The second-order valence-electron chi connectivity index (χ2n) is 7.63. The molecule has 1 saturated carbocycles. The van der Waals surface area contributed by atoms with Crippen molar-refractivity contribution in [3.63, 3.8) is 0 Å². The average molecular weight is 421 g/mol. The first-order valence-electron chi connectivity index (χ1n) is 10.4. The van der Waals surface area contributed by atoms with Gasteiger partial charge in [-0.3, -0.25) is 9.78 Å². The van der Waals surface area contributed by atoms with E-state index in [4.69, 9.17) is 4.74 Å². The highest BCUT2D eigenvalue weighted by atomic mass is 19.1. The second kappa shape index (κ2) is 9.66. The third-order valence-electron chi connectivity index (χ3n) is 5.40. The fourth-order valence-corrected chi connectivity index (χ4v) is 3.68. The highest BCUT2D eigenvalue weighted by Crippen LogP contribution is 2.30. The standard InChI is InChI=1S/C24H24FN3O3/c25-18-10-8-16(9-11-18)20-13-17(23(30)28-21-6-1-2-7-22(21)29)14-27-24(20)31-15-19-5-3-4-12-26-19/h3-5,8-14,21-22,29H,1-2,6-7,15H2,(H,28,30). The first-order valence-corrected chi connectivity index (χ1v) is 10.4. The van der Waals surface area contributed by atoms with Crippen molar-refractivity contribution in [2.45, 2.75) is 44.4 Å². The first kappa shape index (κ1) is 20.9. The van der Waals surface area contributed by atoms with Gasteiger partial charge in [-0.1, -0.05) is 31.0 Å². The zero-order chi connectivity index (χ0) is 21.6. The Labute approximate surface area is 180 Å². The van der Waals surface area contributed by atoms with E-state index in [9.17, 15) is 14.3 Å². The van der Waals surface area contributed by atoms with Crippen LogP contribution >= 0.6 is 0 Å². The number of aromatic nitrogens is 2. The van der Waals surface area contributed by atoms with Gasteiger partial charge in [0.25, 0.3) is 5.91 Å². The van der Waals surface area contributed by atoms with E-state index in [2.05, 4.69) is 15.3 Å². The molecule has 160 valence electrons. The molecular formula is C24H24FN3O3. The van der Waals surface area contributed by atoms with Crippen LogP contribution in [-0.4, -0.2) is 33.1 Å². The monoisotopic (exact) mass is 421 g/mol. The molecule has 2 aromatic heterocycles. The van der Waals surface area contributed by atoms with Crippen molar-refractivity contribution in [1.82, 2.24) is 15.3 Å². The topological polar surface area (TPSA) is 84.3 Å². The number of benzene rings is 1. The molecule has 1 fully saturated rings. The molecule has 1 amide bonds. The van der Waals surface area contributed by atoms with E-state index in [-0.39, 0.29) is 24.4 Å². The zero-order valence-corrected chi connectivity index (χ0v) is 17.0. The maximum Gasteiger partial charge on any atom is 0.253 e. The van der Waals surface area contributed by atoms with Gasteiger partial charge in [0.1, 0.15) is 12.4 Å². The lowest BCUT2D eigenvalue weighted by atomic mass is 9.92. The highest BCUT2D eigenvalue weighted by molar-refractivity contribution is 5.95. The fraction of sp³-hybridized carbons (Fsp3) is 0.292. The number of nitrogens with one attached hydrogen (secondary N) is 1. The van der Waals surface area contributed by atoms with Crippen molar-refractivity contribution < 1.29 is 19.0 Å². The van der Waals surface area contributed by atoms with E-state index in [1.54, 1.807) is 24.4 Å². The molecule has 0 saturated heterocycles. The third-order valence-corrected chi connectivity index (χ3v) is 5.40. The number of halogens is 1. The summed E-state index contributed by atoms with van der Waals surface area (Å²) in [6.45, 7) is 0.210. The molecule has 7 heteroatoms. The molecule has 0 bridgehead atoms. The number of carbonyl (C=O) groups is 1. The van der Waals surface area contributed by atoms with Crippen molar-refractivity contribution in [3.05, 3.63) is 78.0 Å². The first-order chi connectivity index (χ1) is 15.1. The molecule has 1 aliphatic rings. The number of ether oxygens (including phenoxy) is 1. The van der Waals surface area contributed by atoms with E-state index in [0.717, 1.165) is 25.0 Å². The molecule has 2 unspecified atom stereocenters. The summed E-state index contributed by atoms with van der Waals surface area (Å²) in [6.07, 6.45) is 5.96. The van der Waals surface area contributed by atoms with Crippen molar-refractivity contribution in [2.24, 2.45) is 0 Å². The van der Waals surface area contributed by atoms with Gasteiger partial charge in [0.05, 0.1) is 23.4 Å². The molecule has 31 heavy (non-hydrogen) atoms. The lowest BCUT2D eigenvalue weighted by Gasteiger charge is -2.28. The Kier molecular flexibility index (Phi) is 6.52. The van der Waals surface area contributed by atoms with Gasteiger partial charge in [-0.15, -0.1) is 0 Å². The minimum Gasteiger partial charge on any atom is -0.471 e. The Bertz CT molecular complexity index is 1030. The summed E-state index contributed by atoms with van der Waals surface area (Å²) in [4.78, 5) is 21.4. The predicted octanol–water partition coefficient (Wildman–Crippen LogP) is 3.90. The molecule has 2 N–H and O–H groups in total. The van der Waals surface area contributed by atoms with Crippen LogP contribution in [-0.2, 0) is 6.61 Å². The van der Waals surface area contributed by atoms with Gasteiger partial charge in [0.15, 0.2) is 0 Å². The van der Waals surface area contributed by atoms with Crippen LogP contribution in [0.15, 0.2) is 60.9 Å². The summed E-state index contributed by atoms with van der Waals surface area (Å²) in [7, 11) is 0. The van der Waals surface area contributed by atoms with Gasteiger partial charge in [-0.25, -0.2) is 9.37 Å². The average Bonchev–Trinajstić information content (AvgIpc) is 2.80. The number of amides is 1. The van der Waals surface area contributed by atoms with Crippen molar-refractivity contribution >= 4 is 5.91 Å². The number of carbonyl (C=O) groups excluding carboxylic acids is 1. The van der Waals surface area contributed by atoms with Gasteiger partial charge < -0.3 is 15.2 Å². The molecule has 2 atom stereocenters. The second-order valence-corrected chi connectivity index (χ2v) is 7.63. The normalized spacial score (nSPS) is 18.4. The Morgan fingerprint density at radius 2 is 1.94 bits per heavy atom. The summed E-state index contributed by atoms with van der Waals surface area (Å²) in [6, 6.07) is 12.9. The number of hydrogen-bond acceptors (Lipinski definition) is 5. The van der Waals surface area contributed by atoms with Gasteiger partial charge in [-0.2, -0.15) is 0 Å². The molecule has 2 heterocycles. The Hall–Kier alpha value is -3.32. The van der Waals surface area contributed by atoms with Gasteiger partial charge in [-0.05, 0) is 48.7 Å². The van der Waals surface area contributed by atoms with Crippen LogP contribution in [0.5, 0.6) is 5.88 Å². The van der Waals surface area contributed by atoms with Crippen LogP contribution in [0.1, 0.15) is 41.7 Å². The summed E-state index contributed by atoms with van der Waals surface area (Å²) >= 11 is 0. The Morgan fingerprint density at radius 1 is 1.13 bits per heavy atom. The molecule has 1 aliphatic carbocycles. The van der Waals surface area contributed by atoms with Crippen LogP contribution in [0.25, 0.3) is 11.1 Å². The van der Waals surface area contributed by atoms with E-state index in [1.807, 2.05) is 18.2 Å². The summed E-state index contributed by atoms with van der Waals surface area (Å²) in [5.74, 6) is -0.336. The lowest BCUT2D eigenvalue weighted by Crippen LogP contribution is -2.45. The SMILES string of the molecule is O=C(NC1CCCCC1O)c1cnc(OCc2ccccn2)c(-c2ccc(F)cc2)c1. The fourth-order valence-electron chi connectivity index (χ4n) is 3.68. The molecule has 6 nitrogen and oxygen atoms in total. The predicted molar refractivity (Wildman–Crippen MR) is 114 cm³/mol. The molecule has 0 radical (unpaired) electrons. The van der Waals surface area contributed by atoms with Gasteiger partial charge in [0, 0.05) is 18.0 Å². The third kappa shape index (κ3) is 5.24. The van der Waals surface area contributed by atoms with Crippen molar-refractivity contribution in [2.75, 3.05) is 0 Å². The minimum absolute atomic E-state index is 0.210. The number of aliphatic hydroxyl groups excluding tert-OH is 1. The zero-order valence-electron chi connectivity index (χ0n) is 17.0.